The molecular formula is C35H37Br. The summed E-state index contributed by atoms with van der Waals surface area (Å²) in [6.45, 7) is 11.4. The molecule has 0 amide bonds. The van der Waals surface area contributed by atoms with Crippen LogP contribution in [0.25, 0.3) is 17.7 Å². The van der Waals surface area contributed by atoms with E-state index in [9.17, 15) is 0 Å². The molecule has 0 saturated heterocycles. The highest BCUT2D eigenvalue weighted by Gasteiger charge is 2.30. The monoisotopic (exact) mass is 536 g/mol. The van der Waals surface area contributed by atoms with E-state index in [4.69, 9.17) is 0 Å². The molecule has 0 N–H and O–H groups in total. The Morgan fingerprint density at radius 3 is 1.94 bits per heavy atom. The van der Waals surface area contributed by atoms with Crippen molar-refractivity contribution in [2.75, 3.05) is 0 Å². The van der Waals surface area contributed by atoms with Gasteiger partial charge in [0.2, 0.25) is 0 Å². The number of hydrogen-bond donors (Lipinski definition) is 0. The molecule has 0 aliphatic heterocycles. The number of allylic oxidation sites excluding steroid dienone is 4. The molecule has 3 aromatic rings. The highest BCUT2D eigenvalue weighted by molar-refractivity contribution is 9.08. The quantitative estimate of drug-likeness (QED) is 0.292. The number of rotatable bonds is 3. The smallest absolute Gasteiger partial charge is 0.0286 e. The molecule has 36 heavy (non-hydrogen) atoms. The third kappa shape index (κ3) is 4.96. The first-order valence-corrected chi connectivity index (χ1v) is 14.3. The van der Waals surface area contributed by atoms with Gasteiger partial charge >= 0.3 is 0 Å². The van der Waals surface area contributed by atoms with Crippen molar-refractivity contribution >= 4 is 33.7 Å². The molecule has 0 spiro atoms. The number of fused-ring (bicyclic) bond motifs is 3. The maximum atomic E-state index is 3.51. The summed E-state index contributed by atoms with van der Waals surface area (Å²) in [5.41, 5.74) is 16.4. The Hall–Kier alpha value is -2.64. The van der Waals surface area contributed by atoms with Gasteiger partial charge in [0.1, 0.15) is 0 Å². The van der Waals surface area contributed by atoms with Gasteiger partial charge in [0.15, 0.2) is 0 Å². The number of alkyl halides is 1. The zero-order valence-corrected chi connectivity index (χ0v) is 23.9. The fourth-order valence-electron chi connectivity index (χ4n) is 6.02. The summed E-state index contributed by atoms with van der Waals surface area (Å²) < 4.78 is 0. The van der Waals surface area contributed by atoms with E-state index in [1.807, 2.05) is 0 Å². The molecule has 0 radical (unpaired) electrons. The van der Waals surface area contributed by atoms with E-state index in [-0.39, 0.29) is 5.41 Å². The number of halogens is 1. The van der Waals surface area contributed by atoms with Crippen LogP contribution >= 0.6 is 15.9 Å². The van der Waals surface area contributed by atoms with Crippen LogP contribution < -0.4 is 0 Å². The van der Waals surface area contributed by atoms with Gasteiger partial charge in [0.05, 0.1) is 0 Å². The number of benzene rings is 3. The lowest BCUT2D eigenvalue weighted by Crippen LogP contribution is -2.06. The van der Waals surface area contributed by atoms with Crippen molar-refractivity contribution < 1.29 is 0 Å². The first kappa shape index (κ1) is 25.0. The van der Waals surface area contributed by atoms with E-state index in [1.54, 1.807) is 5.56 Å². The number of hydrogen-bond acceptors (Lipinski definition) is 0. The Morgan fingerprint density at radius 1 is 0.750 bits per heavy atom. The highest BCUT2D eigenvalue weighted by Crippen LogP contribution is 2.46. The molecule has 0 fully saturated rings. The van der Waals surface area contributed by atoms with Crippen LogP contribution in [0.15, 0.2) is 77.9 Å². The molecule has 184 valence electrons. The summed E-state index contributed by atoms with van der Waals surface area (Å²) in [5, 5.41) is 0.970. The zero-order valence-electron chi connectivity index (χ0n) is 22.3. The molecule has 1 heteroatoms. The lowest BCUT2D eigenvalue weighted by molar-refractivity contribution is 0.567. The predicted molar refractivity (Wildman–Crippen MR) is 161 cm³/mol. The molecular weight excluding hydrogens is 500 g/mol. The Bertz CT molecular complexity index is 1390. The van der Waals surface area contributed by atoms with Crippen molar-refractivity contribution in [3.05, 3.63) is 122 Å². The van der Waals surface area contributed by atoms with Crippen LogP contribution in [0.5, 0.6) is 0 Å². The molecule has 1 unspecified atom stereocenters. The molecule has 1 atom stereocenters. The Labute approximate surface area is 226 Å². The molecule has 3 aliphatic rings. The molecule has 3 aliphatic carbocycles. The van der Waals surface area contributed by atoms with Crippen molar-refractivity contribution in [2.45, 2.75) is 65.1 Å². The maximum absolute atomic E-state index is 3.51. The summed E-state index contributed by atoms with van der Waals surface area (Å²) in [6.07, 6.45) is 10.5. The van der Waals surface area contributed by atoms with Crippen LogP contribution in [0.4, 0.5) is 0 Å². The lowest BCUT2D eigenvalue weighted by atomic mass is 9.83. The van der Waals surface area contributed by atoms with Gasteiger partial charge in [-0.3, -0.25) is 0 Å². The van der Waals surface area contributed by atoms with Gasteiger partial charge in [-0.05, 0) is 88.6 Å². The zero-order chi connectivity index (χ0) is 25.4. The fourth-order valence-corrected chi connectivity index (χ4v) is 6.55. The predicted octanol–water partition coefficient (Wildman–Crippen LogP) is 9.96. The van der Waals surface area contributed by atoms with Crippen molar-refractivity contribution in [3.63, 3.8) is 0 Å². The summed E-state index contributed by atoms with van der Waals surface area (Å²) in [7, 11) is 0. The van der Waals surface area contributed by atoms with Gasteiger partial charge in [0.25, 0.3) is 0 Å². The van der Waals surface area contributed by atoms with Gasteiger partial charge in [-0.25, -0.2) is 0 Å². The SMILES string of the molecule is CC1=Cc2cccc(CBr)c2C1.CC1=Cc2cccc(CC3C=C(C(C)(C)C)c4ccccc43)c2C1. The second kappa shape index (κ2) is 10.0. The second-order valence-corrected chi connectivity index (χ2v) is 12.2. The van der Waals surface area contributed by atoms with Crippen molar-refractivity contribution in [2.24, 2.45) is 5.41 Å². The van der Waals surface area contributed by atoms with Crippen LogP contribution in [0.3, 0.4) is 0 Å². The van der Waals surface area contributed by atoms with E-state index in [1.165, 1.54) is 55.7 Å². The van der Waals surface area contributed by atoms with Gasteiger partial charge in [0, 0.05) is 11.2 Å². The van der Waals surface area contributed by atoms with Gasteiger partial charge in [-0.15, -0.1) is 0 Å². The Balaban J connectivity index is 0.000000186. The highest BCUT2D eigenvalue weighted by atomic mass is 79.9. The average molecular weight is 538 g/mol. The van der Waals surface area contributed by atoms with Gasteiger partial charge in [-0.1, -0.05) is 127 Å². The van der Waals surface area contributed by atoms with E-state index < -0.39 is 0 Å². The summed E-state index contributed by atoms with van der Waals surface area (Å²) >= 11 is 3.51. The van der Waals surface area contributed by atoms with Crippen molar-refractivity contribution in [1.82, 2.24) is 0 Å². The molecule has 0 heterocycles. The van der Waals surface area contributed by atoms with Crippen LogP contribution in [0.1, 0.15) is 85.0 Å². The Kier molecular flexibility index (Phi) is 6.97. The first-order chi connectivity index (χ1) is 17.2. The van der Waals surface area contributed by atoms with Gasteiger partial charge in [-0.2, -0.15) is 0 Å². The summed E-state index contributed by atoms with van der Waals surface area (Å²) in [4.78, 5) is 0. The van der Waals surface area contributed by atoms with Crippen LogP contribution in [-0.2, 0) is 24.6 Å². The van der Waals surface area contributed by atoms with Crippen LogP contribution in [-0.4, -0.2) is 0 Å². The molecule has 0 saturated carbocycles. The van der Waals surface area contributed by atoms with E-state index >= 15 is 0 Å². The first-order valence-electron chi connectivity index (χ1n) is 13.2. The molecule has 6 rings (SSSR count). The minimum absolute atomic E-state index is 0.196. The van der Waals surface area contributed by atoms with Crippen LogP contribution in [0.2, 0.25) is 0 Å². The van der Waals surface area contributed by atoms with Crippen LogP contribution in [0, 0.1) is 5.41 Å². The summed E-state index contributed by atoms with van der Waals surface area (Å²) in [5.74, 6) is 0.503. The second-order valence-electron chi connectivity index (χ2n) is 11.7. The van der Waals surface area contributed by atoms with E-state index in [0.717, 1.165) is 24.6 Å². The normalized spacial score (nSPS) is 17.4. The van der Waals surface area contributed by atoms with E-state index in [0.29, 0.717) is 5.92 Å². The lowest BCUT2D eigenvalue weighted by Gasteiger charge is -2.21. The Morgan fingerprint density at radius 2 is 1.33 bits per heavy atom. The molecule has 0 aromatic heterocycles. The maximum Gasteiger partial charge on any atom is 0.0286 e. The standard InChI is InChI=1S/C24H26.C11H11Br/c1-16-12-17-8-7-9-18(22(17)13-16)14-19-15-23(24(2,3)4)21-11-6-5-10-20(19)21;1-8-5-9-3-2-4-10(7-12)11(9)6-8/h5-12,15,19H,13-14H2,1-4H3;2-5H,6-7H2,1H3. The van der Waals surface area contributed by atoms with E-state index in [2.05, 4.69) is 129 Å². The third-order valence-electron chi connectivity index (χ3n) is 7.74. The minimum atomic E-state index is 0.196. The van der Waals surface area contributed by atoms with Gasteiger partial charge < -0.3 is 0 Å². The molecule has 3 aromatic carbocycles. The molecule has 0 nitrogen and oxygen atoms in total. The largest absolute Gasteiger partial charge is 0.0876 e. The molecule has 0 bridgehead atoms. The topological polar surface area (TPSA) is 0 Å². The van der Waals surface area contributed by atoms with Crippen molar-refractivity contribution in [1.29, 1.82) is 0 Å². The average Bonchev–Trinajstić information content (AvgIpc) is 3.53. The third-order valence-corrected chi connectivity index (χ3v) is 8.35. The summed E-state index contributed by atoms with van der Waals surface area (Å²) in [6, 6.07) is 22.3. The fraction of sp³-hybridized carbons (Fsp3) is 0.314. The minimum Gasteiger partial charge on any atom is -0.0876 e. The van der Waals surface area contributed by atoms with Crippen molar-refractivity contribution in [3.8, 4) is 0 Å².